The summed E-state index contributed by atoms with van der Waals surface area (Å²) in [6.07, 6.45) is 3.12. The molecule has 2 aromatic heterocycles. The molecule has 0 unspecified atom stereocenters. The smallest absolute Gasteiger partial charge is 0.408 e. The summed E-state index contributed by atoms with van der Waals surface area (Å²) in [5, 5.41) is 10.6. The van der Waals surface area contributed by atoms with Gasteiger partial charge in [0.25, 0.3) is 0 Å². The van der Waals surface area contributed by atoms with Gasteiger partial charge in [-0.1, -0.05) is 13.3 Å². The fourth-order valence-corrected chi connectivity index (χ4v) is 4.83. The van der Waals surface area contributed by atoms with Crippen molar-refractivity contribution in [1.82, 2.24) is 25.1 Å². The molecule has 0 aliphatic heterocycles. The van der Waals surface area contributed by atoms with Gasteiger partial charge in [0.05, 0.1) is 39.6 Å². The Balaban J connectivity index is 1.83. The molecule has 1 aromatic carbocycles. The first-order chi connectivity index (χ1) is 19.5. The van der Waals surface area contributed by atoms with E-state index in [2.05, 4.69) is 27.5 Å². The summed E-state index contributed by atoms with van der Waals surface area (Å²) in [5.41, 5.74) is 7.21. The van der Waals surface area contributed by atoms with E-state index in [0.717, 1.165) is 29.8 Å². The topological polar surface area (TPSA) is 165 Å². The van der Waals surface area contributed by atoms with E-state index in [1.165, 1.54) is 18.9 Å². The van der Waals surface area contributed by atoms with E-state index in [0.29, 0.717) is 34.9 Å². The molecule has 1 atom stereocenters. The van der Waals surface area contributed by atoms with Crippen molar-refractivity contribution in [2.75, 3.05) is 44.7 Å². The number of rotatable bonds is 13. The Morgan fingerprint density at radius 2 is 1.80 bits per heavy atom. The zero-order chi connectivity index (χ0) is 30.2. The Labute approximate surface area is 243 Å². The molecular weight excluding hydrogens is 550 g/mol. The van der Waals surface area contributed by atoms with Gasteiger partial charge in [0.15, 0.2) is 11.3 Å². The average Bonchev–Trinajstić information content (AvgIpc) is 3.32. The van der Waals surface area contributed by atoms with Gasteiger partial charge in [0, 0.05) is 17.2 Å². The van der Waals surface area contributed by atoms with Crippen molar-refractivity contribution in [3.05, 3.63) is 23.9 Å². The number of amides is 1. The van der Waals surface area contributed by atoms with Crippen LogP contribution in [0.1, 0.15) is 46.1 Å². The summed E-state index contributed by atoms with van der Waals surface area (Å²) in [5.74, 6) is 1.48. The number of benzene rings is 1. The van der Waals surface area contributed by atoms with Crippen LogP contribution in [0.25, 0.3) is 11.0 Å². The Morgan fingerprint density at radius 3 is 2.39 bits per heavy atom. The van der Waals surface area contributed by atoms with Crippen LogP contribution in [-0.2, 0) is 20.8 Å². The first kappa shape index (κ1) is 31.6. The number of nitrogens with zero attached hydrogens (tertiary/aromatic N) is 4. The van der Waals surface area contributed by atoms with E-state index in [4.69, 9.17) is 29.8 Å². The van der Waals surface area contributed by atoms with Gasteiger partial charge in [-0.05, 0) is 39.3 Å². The molecule has 0 aliphatic rings. The zero-order valence-electron chi connectivity index (χ0n) is 24.6. The van der Waals surface area contributed by atoms with Crippen molar-refractivity contribution >= 4 is 46.6 Å². The highest BCUT2D eigenvalue weighted by atomic mass is 32.2. The molecule has 4 N–H and O–H groups in total. The number of carbonyl (C=O) groups excluding carboxylic acids is 2. The van der Waals surface area contributed by atoms with Crippen molar-refractivity contribution < 1.29 is 28.5 Å². The molecule has 1 amide bonds. The monoisotopic (exact) mass is 589 g/mol. The summed E-state index contributed by atoms with van der Waals surface area (Å²) in [6.45, 7) is 8.42. The van der Waals surface area contributed by atoms with Crippen LogP contribution in [0.3, 0.4) is 0 Å². The van der Waals surface area contributed by atoms with Gasteiger partial charge in [-0.25, -0.2) is 14.6 Å². The van der Waals surface area contributed by atoms with Crippen LogP contribution in [0.2, 0.25) is 0 Å². The van der Waals surface area contributed by atoms with Gasteiger partial charge in [-0.3, -0.25) is 4.68 Å². The number of nitrogens with one attached hydrogen (secondary N) is 2. The lowest BCUT2D eigenvalue weighted by molar-refractivity contribution is -0.142. The molecule has 2 heterocycles. The number of hydrogen-bond donors (Lipinski definition) is 3. The molecule has 0 aliphatic carbocycles. The van der Waals surface area contributed by atoms with Crippen molar-refractivity contribution in [3.63, 3.8) is 0 Å². The maximum absolute atomic E-state index is 12.3. The number of fused-ring (bicyclic) bond motifs is 1. The number of thioether (sulfide) groups is 1. The number of ether oxygens (including phenoxy) is 4. The SMILES string of the molecule is CCCCNc1nc(N)nc2cn(Cc3c(OC)cc(SC[C@H](NC(=O)OC(C)(C)C)C(=O)OC)cc3OC)nc12. The molecule has 0 radical (unpaired) electrons. The van der Waals surface area contributed by atoms with Gasteiger partial charge in [-0.15, -0.1) is 11.8 Å². The van der Waals surface area contributed by atoms with Crippen LogP contribution in [-0.4, -0.2) is 77.1 Å². The molecule has 3 aromatic rings. The molecule has 224 valence electrons. The molecule has 0 fully saturated rings. The highest BCUT2D eigenvalue weighted by Gasteiger charge is 2.26. The highest BCUT2D eigenvalue weighted by molar-refractivity contribution is 7.99. The summed E-state index contributed by atoms with van der Waals surface area (Å²) < 4.78 is 23.3. The minimum Gasteiger partial charge on any atom is -0.496 e. The van der Waals surface area contributed by atoms with Crippen LogP contribution in [0, 0.1) is 0 Å². The summed E-state index contributed by atoms with van der Waals surface area (Å²) in [4.78, 5) is 34.0. The Hall–Kier alpha value is -3.94. The number of alkyl carbamates (subject to hydrolysis) is 1. The van der Waals surface area contributed by atoms with Crippen molar-refractivity contribution in [1.29, 1.82) is 0 Å². The predicted molar refractivity (Wildman–Crippen MR) is 158 cm³/mol. The minimum atomic E-state index is -0.929. The first-order valence-electron chi connectivity index (χ1n) is 13.2. The number of nitrogens with two attached hydrogens (primary N) is 1. The third kappa shape index (κ3) is 8.77. The second kappa shape index (κ2) is 14.1. The molecule has 3 rings (SSSR count). The van der Waals surface area contributed by atoms with Crippen molar-refractivity contribution in [3.8, 4) is 11.5 Å². The van der Waals surface area contributed by atoms with Gasteiger partial charge in [-0.2, -0.15) is 10.1 Å². The number of methoxy groups -OCH3 is 3. The molecule has 0 spiro atoms. The van der Waals surface area contributed by atoms with Crippen LogP contribution >= 0.6 is 11.8 Å². The first-order valence-corrected chi connectivity index (χ1v) is 14.2. The summed E-state index contributed by atoms with van der Waals surface area (Å²) >= 11 is 1.33. The molecule has 41 heavy (non-hydrogen) atoms. The second-order valence-electron chi connectivity index (χ2n) is 10.1. The van der Waals surface area contributed by atoms with Gasteiger partial charge >= 0.3 is 12.1 Å². The van der Waals surface area contributed by atoms with E-state index in [1.807, 2.05) is 12.1 Å². The summed E-state index contributed by atoms with van der Waals surface area (Å²) in [7, 11) is 4.39. The number of aromatic nitrogens is 4. The molecular formula is C27H39N7O6S. The van der Waals surface area contributed by atoms with Crippen LogP contribution < -0.4 is 25.8 Å². The quantitative estimate of drug-likeness (QED) is 0.150. The molecule has 14 heteroatoms. The fourth-order valence-electron chi connectivity index (χ4n) is 3.87. The molecule has 0 saturated carbocycles. The Morgan fingerprint density at radius 1 is 1.12 bits per heavy atom. The highest BCUT2D eigenvalue weighted by Crippen LogP contribution is 2.36. The maximum atomic E-state index is 12.3. The Kier molecular flexibility index (Phi) is 10.9. The van der Waals surface area contributed by atoms with E-state index < -0.39 is 23.7 Å². The third-order valence-electron chi connectivity index (χ3n) is 5.75. The van der Waals surface area contributed by atoms with E-state index >= 15 is 0 Å². The van der Waals surface area contributed by atoms with Crippen molar-refractivity contribution in [2.45, 2.75) is 63.6 Å². The molecule has 0 saturated heterocycles. The number of nitrogen functional groups attached to an aromatic ring is 1. The predicted octanol–water partition coefficient (Wildman–Crippen LogP) is 3.84. The number of carbonyl (C=O) groups is 2. The lowest BCUT2D eigenvalue weighted by Gasteiger charge is -2.22. The van der Waals surface area contributed by atoms with Crippen LogP contribution in [0.5, 0.6) is 11.5 Å². The van der Waals surface area contributed by atoms with Gasteiger partial charge < -0.3 is 35.3 Å². The fraction of sp³-hybridized carbons (Fsp3) is 0.519. The largest absolute Gasteiger partial charge is 0.496 e. The van der Waals surface area contributed by atoms with Gasteiger partial charge in [0.2, 0.25) is 5.95 Å². The number of unbranched alkanes of at least 4 members (excludes halogenated alkanes) is 1. The zero-order valence-corrected chi connectivity index (χ0v) is 25.4. The number of esters is 1. The van der Waals surface area contributed by atoms with Gasteiger partial charge in [0.1, 0.15) is 28.7 Å². The molecule has 13 nitrogen and oxygen atoms in total. The van der Waals surface area contributed by atoms with Crippen molar-refractivity contribution in [2.24, 2.45) is 0 Å². The number of anilines is 2. The van der Waals surface area contributed by atoms with Crippen LogP contribution in [0.15, 0.2) is 23.2 Å². The maximum Gasteiger partial charge on any atom is 0.408 e. The second-order valence-corrected chi connectivity index (χ2v) is 11.2. The lowest BCUT2D eigenvalue weighted by atomic mass is 10.1. The standard InChI is InChI=1S/C27H39N7O6S/c1-8-9-10-29-23-22-18(30-25(28)32-23)14-34(33-22)13-17-20(37-5)11-16(12-21(17)38-6)41-15-19(24(35)39-7)31-26(36)40-27(2,3)4/h11-12,14,19H,8-10,13,15H2,1-7H3,(H,31,36)(H3,28,29,30,32)/t19-/m0/s1. The Bertz CT molecular complexity index is 1330. The number of hydrogen-bond acceptors (Lipinski definition) is 12. The normalized spacial score (nSPS) is 12.1. The molecule has 0 bridgehead atoms. The van der Waals surface area contributed by atoms with Crippen LogP contribution in [0.4, 0.5) is 16.6 Å². The summed E-state index contributed by atoms with van der Waals surface area (Å²) in [6, 6.07) is 2.74. The lowest BCUT2D eigenvalue weighted by Crippen LogP contribution is -2.45. The third-order valence-corrected chi connectivity index (χ3v) is 6.81. The van der Waals surface area contributed by atoms with E-state index in [9.17, 15) is 9.59 Å². The van der Waals surface area contributed by atoms with E-state index in [1.54, 1.807) is 45.9 Å². The van der Waals surface area contributed by atoms with E-state index in [-0.39, 0.29) is 11.7 Å². The minimum absolute atomic E-state index is 0.166. The average molecular weight is 590 g/mol.